The van der Waals surface area contributed by atoms with E-state index in [4.69, 9.17) is 0 Å². The van der Waals surface area contributed by atoms with Crippen LogP contribution in [0.3, 0.4) is 0 Å². The Morgan fingerprint density at radius 2 is 0.500 bits per heavy atom. The average molecular weight is 455 g/mol. The van der Waals surface area contributed by atoms with Crippen LogP contribution in [0.5, 0.6) is 0 Å². The summed E-state index contributed by atoms with van der Waals surface area (Å²) < 4.78 is 0. The predicted octanol–water partition coefficient (Wildman–Crippen LogP) is 4.62. The zero-order valence-electron chi connectivity index (χ0n) is 19.0. The van der Waals surface area contributed by atoms with Crippen LogP contribution in [-0.2, 0) is 26.4 Å². The van der Waals surface area contributed by atoms with Crippen molar-refractivity contribution in [1.82, 2.24) is 0 Å². The van der Waals surface area contributed by atoms with Crippen LogP contribution in [0.15, 0.2) is 97.1 Å². The molecule has 4 rings (SSSR count). The molecule has 4 nitrogen and oxygen atoms in total. The summed E-state index contributed by atoms with van der Waals surface area (Å²) in [5, 5.41) is 38.2. The molecule has 0 atom stereocenters. The van der Waals surface area contributed by atoms with Gasteiger partial charge in [0.05, 0.1) is 26.4 Å². The maximum atomic E-state index is 9.54. The molecule has 4 N–H and O–H groups in total. The molecule has 0 aliphatic rings. The second-order valence-electron chi connectivity index (χ2n) is 8.55. The van der Waals surface area contributed by atoms with Crippen LogP contribution in [0.4, 0.5) is 0 Å². The molecular weight excluding hydrogens is 424 g/mol. The van der Waals surface area contributed by atoms with Gasteiger partial charge < -0.3 is 20.4 Å². The molecule has 4 aromatic rings. The number of aliphatic hydroxyl groups is 4. The first-order valence-electron chi connectivity index (χ1n) is 11.5. The van der Waals surface area contributed by atoms with Gasteiger partial charge in [0.15, 0.2) is 0 Å². The van der Waals surface area contributed by atoms with Crippen molar-refractivity contribution in [3.8, 4) is 0 Å². The van der Waals surface area contributed by atoms with E-state index in [1.165, 1.54) is 0 Å². The molecule has 4 aromatic carbocycles. The Kier molecular flexibility index (Phi) is 7.88. The smallest absolute Gasteiger partial charge is 0.0681 e. The zero-order chi connectivity index (χ0) is 23.9. The largest absolute Gasteiger partial charge is 0.392 e. The van der Waals surface area contributed by atoms with Gasteiger partial charge in [-0.05, 0) is 44.5 Å². The van der Waals surface area contributed by atoms with E-state index < -0.39 is 0 Å². The summed E-state index contributed by atoms with van der Waals surface area (Å²) in [6.45, 7) is -0.0364. The molecule has 0 fully saturated rings. The summed E-state index contributed by atoms with van der Waals surface area (Å²) in [6.07, 6.45) is 0. The Bertz CT molecular complexity index is 973. The summed E-state index contributed by atoms with van der Waals surface area (Å²) in [7, 11) is 0. The van der Waals surface area contributed by atoms with E-state index >= 15 is 0 Å². The quantitative estimate of drug-likeness (QED) is 0.298. The van der Waals surface area contributed by atoms with E-state index in [0.29, 0.717) is 0 Å². The summed E-state index contributed by atoms with van der Waals surface area (Å²) >= 11 is 0. The summed E-state index contributed by atoms with van der Waals surface area (Å²) in [4.78, 5) is 0. The van der Waals surface area contributed by atoms with E-state index in [1.807, 2.05) is 48.5 Å². The fourth-order valence-electron chi connectivity index (χ4n) is 4.48. The molecule has 0 saturated carbocycles. The van der Waals surface area contributed by atoms with E-state index in [2.05, 4.69) is 48.5 Å². The highest BCUT2D eigenvalue weighted by atomic mass is 16.3. The molecule has 4 heteroatoms. The first-order valence-corrected chi connectivity index (χ1v) is 11.5. The molecule has 0 unspecified atom stereocenters. The lowest BCUT2D eigenvalue weighted by Gasteiger charge is -2.30. The van der Waals surface area contributed by atoms with E-state index in [0.717, 1.165) is 44.5 Å². The molecule has 0 heterocycles. The molecule has 34 heavy (non-hydrogen) atoms. The standard InChI is InChI=1S/C30H30O4/c31-17-21-1-9-25(10-2-21)29(26-11-3-22(18-32)4-12-26)30(27-13-5-23(19-33)6-14-27)28-15-7-24(20-34)8-16-28/h1-16,29-34H,17-20H2. The highest BCUT2D eigenvalue weighted by Gasteiger charge is 2.28. The van der Waals surface area contributed by atoms with Crippen molar-refractivity contribution in [2.75, 3.05) is 0 Å². The second kappa shape index (κ2) is 11.2. The van der Waals surface area contributed by atoms with Crippen molar-refractivity contribution in [3.63, 3.8) is 0 Å². The zero-order valence-corrected chi connectivity index (χ0v) is 19.0. The summed E-state index contributed by atoms with van der Waals surface area (Å²) in [5.41, 5.74) is 7.85. The molecule has 0 spiro atoms. The van der Waals surface area contributed by atoms with E-state index in [-0.39, 0.29) is 38.3 Å². The van der Waals surface area contributed by atoms with Crippen molar-refractivity contribution in [2.24, 2.45) is 0 Å². The van der Waals surface area contributed by atoms with Crippen LogP contribution in [0.25, 0.3) is 0 Å². The maximum Gasteiger partial charge on any atom is 0.0681 e. The van der Waals surface area contributed by atoms with E-state index in [1.54, 1.807) is 0 Å². The Hall–Kier alpha value is -3.28. The molecule has 0 saturated heterocycles. The molecule has 0 aliphatic carbocycles. The Morgan fingerprint density at radius 3 is 0.647 bits per heavy atom. The molecular formula is C30H30O4. The van der Waals surface area contributed by atoms with Gasteiger partial charge in [-0.15, -0.1) is 0 Å². The van der Waals surface area contributed by atoms with Gasteiger partial charge in [0, 0.05) is 11.8 Å². The summed E-state index contributed by atoms with van der Waals surface area (Å²) in [6, 6.07) is 32.1. The van der Waals surface area contributed by atoms with Crippen LogP contribution in [-0.4, -0.2) is 20.4 Å². The van der Waals surface area contributed by atoms with Crippen molar-refractivity contribution in [1.29, 1.82) is 0 Å². The number of aliphatic hydroxyl groups excluding tert-OH is 4. The Morgan fingerprint density at radius 1 is 0.324 bits per heavy atom. The molecule has 0 bridgehead atoms. The van der Waals surface area contributed by atoms with Gasteiger partial charge >= 0.3 is 0 Å². The van der Waals surface area contributed by atoms with Crippen molar-refractivity contribution < 1.29 is 20.4 Å². The van der Waals surface area contributed by atoms with Crippen LogP contribution >= 0.6 is 0 Å². The minimum Gasteiger partial charge on any atom is -0.392 e. The van der Waals surface area contributed by atoms with Gasteiger partial charge in [0.2, 0.25) is 0 Å². The first-order chi connectivity index (χ1) is 16.7. The van der Waals surface area contributed by atoms with Crippen molar-refractivity contribution in [2.45, 2.75) is 38.3 Å². The minimum absolute atomic E-state index is 0.00911. The van der Waals surface area contributed by atoms with Gasteiger partial charge in [0.1, 0.15) is 0 Å². The Balaban J connectivity index is 1.90. The summed E-state index contributed by atoms with van der Waals surface area (Å²) in [5.74, 6) is -0.0825. The van der Waals surface area contributed by atoms with Crippen LogP contribution in [0, 0.1) is 0 Å². The lowest BCUT2D eigenvalue weighted by atomic mass is 9.73. The molecule has 0 radical (unpaired) electrons. The Labute approximate surface area is 200 Å². The van der Waals surface area contributed by atoms with Crippen LogP contribution in [0.2, 0.25) is 0 Å². The normalized spacial score (nSPS) is 11.4. The highest BCUT2D eigenvalue weighted by Crippen LogP contribution is 2.43. The third kappa shape index (κ3) is 5.27. The number of rotatable bonds is 9. The number of hydrogen-bond donors (Lipinski definition) is 4. The monoisotopic (exact) mass is 454 g/mol. The van der Waals surface area contributed by atoms with Gasteiger partial charge in [0.25, 0.3) is 0 Å². The fourth-order valence-corrected chi connectivity index (χ4v) is 4.48. The fraction of sp³-hybridized carbons (Fsp3) is 0.200. The number of benzene rings is 4. The lowest BCUT2D eigenvalue weighted by molar-refractivity contribution is 0.281. The van der Waals surface area contributed by atoms with Crippen molar-refractivity contribution >= 4 is 0 Å². The molecule has 0 amide bonds. The minimum atomic E-state index is -0.0413. The lowest BCUT2D eigenvalue weighted by Crippen LogP contribution is -2.15. The van der Waals surface area contributed by atoms with Gasteiger partial charge in [-0.3, -0.25) is 0 Å². The molecule has 0 aliphatic heterocycles. The van der Waals surface area contributed by atoms with E-state index in [9.17, 15) is 20.4 Å². The first kappa shape index (κ1) is 23.9. The highest BCUT2D eigenvalue weighted by molar-refractivity contribution is 5.46. The van der Waals surface area contributed by atoms with Crippen LogP contribution in [0.1, 0.15) is 56.3 Å². The van der Waals surface area contributed by atoms with Gasteiger partial charge in [-0.2, -0.15) is 0 Å². The molecule has 0 aromatic heterocycles. The van der Waals surface area contributed by atoms with Gasteiger partial charge in [-0.25, -0.2) is 0 Å². The third-order valence-electron chi connectivity index (χ3n) is 6.42. The number of hydrogen-bond acceptors (Lipinski definition) is 4. The third-order valence-corrected chi connectivity index (χ3v) is 6.42. The van der Waals surface area contributed by atoms with Gasteiger partial charge in [-0.1, -0.05) is 97.1 Å². The molecule has 174 valence electrons. The van der Waals surface area contributed by atoms with Crippen molar-refractivity contribution in [3.05, 3.63) is 142 Å². The topological polar surface area (TPSA) is 80.9 Å². The SMILES string of the molecule is OCc1ccc(C(c2ccc(CO)cc2)C(c2ccc(CO)cc2)c2ccc(CO)cc2)cc1. The maximum absolute atomic E-state index is 9.54. The average Bonchev–Trinajstić information content (AvgIpc) is 2.92. The second-order valence-corrected chi connectivity index (χ2v) is 8.55. The predicted molar refractivity (Wildman–Crippen MR) is 133 cm³/mol. The van der Waals surface area contributed by atoms with Crippen LogP contribution < -0.4 is 0 Å².